The van der Waals surface area contributed by atoms with E-state index in [1.807, 2.05) is 6.07 Å². The summed E-state index contributed by atoms with van der Waals surface area (Å²) in [5.41, 5.74) is 2.60. The first-order chi connectivity index (χ1) is 8.02. The lowest BCUT2D eigenvalue weighted by atomic mass is 9.84. The van der Waals surface area contributed by atoms with E-state index in [-0.39, 0.29) is 6.61 Å². The van der Waals surface area contributed by atoms with E-state index < -0.39 is 0 Å². The second kappa shape index (κ2) is 4.99. The van der Waals surface area contributed by atoms with Gasteiger partial charge in [0.1, 0.15) is 0 Å². The Bertz CT molecular complexity index is 403. The summed E-state index contributed by atoms with van der Waals surface area (Å²) in [6.45, 7) is 6.99. The van der Waals surface area contributed by atoms with Gasteiger partial charge in [-0.1, -0.05) is 35.8 Å². The highest BCUT2D eigenvalue weighted by atomic mass is 79.9. The van der Waals surface area contributed by atoms with Gasteiger partial charge in [0, 0.05) is 23.2 Å². The molecule has 0 spiro atoms. The highest BCUT2D eigenvalue weighted by molar-refractivity contribution is 9.10. The van der Waals surface area contributed by atoms with E-state index in [0.29, 0.717) is 5.41 Å². The number of piperidine rings is 1. The molecule has 0 radical (unpaired) electrons. The molecular formula is C14H20BrNO. The minimum atomic E-state index is 0.0896. The zero-order valence-corrected chi connectivity index (χ0v) is 12.1. The molecule has 0 atom stereocenters. The summed E-state index contributed by atoms with van der Waals surface area (Å²) < 4.78 is 1.00. The van der Waals surface area contributed by atoms with Crippen molar-refractivity contribution in [2.45, 2.75) is 33.3 Å². The van der Waals surface area contributed by atoms with Gasteiger partial charge in [-0.05, 0) is 36.0 Å². The topological polar surface area (TPSA) is 23.5 Å². The molecule has 1 aromatic rings. The van der Waals surface area contributed by atoms with E-state index in [1.54, 1.807) is 0 Å². The molecule has 0 bridgehead atoms. The molecule has 2 nitrogen and oxygen atoms in total. The lowest BCUT2D eigenvalue weighted by Gasteiger charge is -2.39. The van der Waals surface area contributed by atoms with Crippen LogP contribution in [-0.4, -0.2) is 18.2 Å². The molecular weight excluding hydrogens is 278 g/mol. The molecule has 0 unspecified atom stereocenters. The molecule has 1 fully saturated rings. The van der Waals surface area contributed by atoms with Gasteiger partial charge in [0.25, 0.3) is 0 Å². The van der Waals surface area contributed by atoms with Crippen LogP contribution in [0.2, 0.25) is 0 Å². The molecule has 0 aromatic heterocycles. The van der Waals surface area contributed by atoms with Crippen LogP contribution in [0.1, 0.15) is 32.3 Å². The van der Waals surface area contributed by atoms with E-state index >= 15 is 0 Å². The number of aliphatic hydroxyl groups is 1. The van der Waals surface area contributed by atoms with Crippen molar-refractivity contribution >= 4 is 21.6 Å². The van der Waals surface area contributed by atoms with Crippen molar-refractivity contribution in [3.8, 4) is 0 Å². The summed E-state index contributed by atoms with van der Waals surface area (Å²) in [5.74, 6) is 0. The predicted octanol–water partition coefficient (Wildman–Crippen LogP) is 3.57. The maximum absolute atomic E-state index is 9.16. The average Bonchev–Trinajstić information content (AvgIpc) is 2.27. The van der Waals surface area contributed by atoms with Crippen molar-refractivity contribution in [3.05, 3.63) is 28.2 Å². The first-order valence-electron chi connectivity index (χ1n) is 6.16. The fraction of sp³-hybridized carbons (Fsp3) is 0.571. The van der Waals surface area contributed by atoms with Crippen LogP contribution in [0, 0.1) is 5.41 Å². The Hall–Kier alpha value is -0.540. The molecule has 1 aliphatic rings. The van der Waals surface area contributed by atoms with Crippen LogP contribution >= 0.6 is 15.9 Å². The molecule has 0 amide bonds. The van der Waals surface area contributed by atoms with Crippen LogP contribution in [0.25, 0.3) is 0 Å². The highest BCUT2D eigenvalue weighted by Gasteiger charge is 2.26. The number of halogens is 1. The average molecular weight is 298 g/mol. The summed E-state index contributed by atoms with van der Waals surface area (Å²) in [7, 11) is 0. The summed E-state index contributed by atoms with van der Waals surface area (Å²) in [4.78, 5) is 2.44. The fourth-order valence-electron chi connectivity index (χ4n) is 2.50. The molecule has 1 N–H and O–H groups in total. The third kappa shape index (κ3) is 3.02. The number of nitrogens with zero attached hydrogens (tertiary/aromatic N) is 1. The molecule has 1 aromatic carbocycles. The van der Waals surface area contributed by atoms with Crippen molar-refractivity contribution in [1.29, 1.82) is 0 Å². The summed E-state index contributed by atoms with van der Waals surface area (Å²) in [6.07, 6.45) is 2.56. The van der Waals surface area contributed by atoms with Gasteiger partial charge >= 0.3 is 0 Å². The van der Waals surface area contributed by atoms with E-state index in [2.05, 4.69) is 46.8 Å². The molecule has 3 heteroatoms. The molecule has 2 rings (SSSR count). The zero-order chi connectivity index (χ0) is 12.5. The Balaban J connectivity index is 2.19. The number of benzene rings is 1. The van der Waals surface area contributed by atoms with Crippen molar-refractivity contribution in [2.24, 2.45) is 5.41 Å². The van der Waals surface area contributed by atoms with E-state index in [1.165, 1.54) is 18.5 Å². The molecule has 1 heterocycles. The van der Waals surface area contributed by atoms with Gasteiger partial charge in [0.15, 0.2) is 0 Å². The summed E-state index contributed by atoms with van der Waals surface area (Å²) in [6, 6.07) is 6.23. The molecule has 1 saturated heterocycles. The van der Waals surface area contributed by atoms with E-state index in [4.69, 9.17) is 5.11 Å². The number of rotatable bonds is 2. The second-order valence-corrected chi connectivity index (χ2v) is 6.48. The minimum absolute atomic E-state index is 0.0896. The Morgan fingerprint density at radius 2 is 2.18 bits per heavy atom. The van der Waals surface area contributed by atoms with Gasteiger partial charge in [0.05, 0.1) is 6.61 Å². The summed E-state index contributed by atoms with van der Waals surface area (Å²) >= 11 is 3.52. The molecule has 0 aliphatic carbocycles. The normalized spacial score (nSPS) is 19.4. The Labute approximate surface area is 112 Å². The van der Waals surface area contributed by atoms with Crippen molar-refractivity contribution in [1.82, 2.24) is 0 Å². The molecule has 94 valence electrons. The lowest BCUT2D eigenvalue weighted by molar-refractivity contribution is 0.281. The maximum Gasteiger partial charge on any atom is 0.0692 e. The Kier molecular flexibility index (Phi) is 3.79. The maximum atomic E-state index is 9.16. The van der Waals surface area contributed by atoms with Gasteiger partial charge in [-0.3, -0.25) is 0 Å². The van der Waals surface area contributed by atoms with Crippen molar-refractivity contribution in [2.75, 3.05) is 18.0 Å². The van der Waals surface area contributed by atoms with E-state index in [9.17, 15) is 0 Å². The standard InChI is InChI=1S/C14H20BrNO/c1-14(2)6-3-7-16(10-14)12-5-4-11(9-17)13(15)8-12/h4-5,8,17H,3,6-7,9-10H2,1-2H3. The quantitative estimate of drug-likeness (QED) is 0.902. The first kappa shape index (κ1) is 12.9. The largest absolute Gasteiger partial charge is 0.392 e. The van der Waals surface area contributed by atoms with Crippen molar-refractivity contribution in [3.63, 3.8) is 0 Å². The smallest absolute Gasteiger partial charge is 0.0692 e. The Morgan fingerprint density at radius 3 is 2.76 bits per heavy atom. The zero-order valence-electron chi connectivity index (χ0n) is 10.5. The van der Waals surface area contributed by atoms with Crippen LogP contribution in [-0.2, 0) is 6.61 Å². The van der Waals surface area contributed by atoms with Gasteiger partial charge in [-0.2, -0.15) is 0 Å². The van der Waals surface area contributed by atoms with Crippen molar-refractivity contribution < 1.29 is 5.11 Å². The van der Waals surface area contributed by atoms with Gasteiger partial charge in [-0.15, -0.1) is 0 Å². The monoisotopic (exact) mass is 297 g/mol. The van der Waals surface area contributed by atoms with Crippen LogP contribution in [0.3, 0.4) is 0 Å². The van der Waals surface area contributed by atoms with Gasteiger partial charge < -0.3 is 10.0 Å². The van der Waals surface area contributed by atoms with Crippen LogP contribution in [0.5, 0.6) is 0 Å². The van der Waals surface area contributed by atoms with Gasteiger partial charge in [0.2, 0.25) is 0 Å². The number of hydrogen-bond acceptors (Lipinski definition) is 2. The molecule has 0 saturated carbocycles. The third-order valence-corrected chi connectivity index (χ3v) is 4.21. The van der Waals surface area contributed by atoms with Crippen LogP contribution in [0.15, 0.2) is 22.7 Å². The minimum Gasteiger partial charge on any atom is -0.392 e. The number of anilines is 1. The first-order valence-corrected chi connectivity index (χ1v) is 6.95. The fourth-order valence-corrected chi connectivity index (χ4v) is 3.00. The SMILES string of the molecule is CC1(C)CCCN(c2ccc(CO)c(Br)c2)C1. The molecule has 1 aliphatic heterocycles. The summed E-state index contributed by atoms with van der Waals surface area (Å²) in [5, 5.41) is 9.16. The second-order valence-electron chi connectivity index (χ2n) is 5.62. The van der Waals surface area contributed by atoms with Crippen LogP contribution in [0.4, 0.5) is 5.69 Å². The third-order valence-electron chi connectivity index (χ3n) is 3.47. The predicted molar refractivity (Wildman–Crippen MR) is 75.3 cm³/mol. The highest BCUT2D eigenvalue weighted by Crippen LogP contribution is 2.33. The van der Waals surface area contributed by atoms with Gasteiger partial charge in [-0.25, -0.2) is 0 Å². The number of aliphatic hydroxyl groups excluding tert-OH is 1. The molecule has 17 heavy (non-hydrogen) atoms. The lowest BCUT2D eigenvalue weighted by Crippen LogP contribution is -2.40. The van der Waals surface area contributed by atoms with Crippen LogP contribution < -0.4 is 4.90 Å². The number of hydrogen-bond donors (Lipinski definition) is 1. The Morgan fingerprint density at radius 1 is 1.41 bits per heavy atom. The van der Waals surface area contributed by atoms with E-state index in [0.717, 1.165) is 23.1 Å².